The van der Waals surface area contributed by atoms with Gasteiger partial charge in [0.15, 0.2) is 0 Å². The van der Waals surface area contributed by atoms with Gasteiger partial charge in [0.2, 0.25) is 0 Å². The van der Waals surface area contributed by atoms with E-state index in [-0.39, 0.29) is 0 Å². The Hall–Kier alpha value is 0. The predicted octanol–water partition coefficient (Wildman–Crippen LogP) is 13.2. The number of rotatable bonds is 12. The summed E-state index contributed by atoms with van der Waals surface area (Å²) >= 11 is 0. The molecule has 2 fully saturated rings. The van der Waals surface area contributed by atoms with E-state index in [0.717, 1.165) is 59.2 Å². The van der Waals surface area contributed by atoms with E-state index in [1.807, 2.05) is 0 Å². The molecule has 0 nitrogen and oxygen atoms in total. The Morgan fingerprint density at radius 1 is 0.459 bits per heavy atom. The second-order valence-electron chi connectivity index (χ2n) is 14.0. The first-order valence-corrected chi connectivity index (χ1v) is 17.6. The Balaban J connectivity index is 0.000000550. The first kappa shape index (κ1) is 37.0. The molecule has 0 radical (unpaired) electrons. The van der Waals surface area contributed by atoms with E-state index in [1.165, 1.54) is 96.3 Å². The summed E-state index contributed by atoms with van der Waals surface area (Å²) in [7, 11) is 0. The monoisotopic (exact) mass is 521 g/mol. The molecule has 0 aliphatic heterocycles. The van der Waals surface area contributed by atoms with E-state index in [0.29, 0.717) is 0 Å². The quantitative estimate of drug-likeness (QED) is 0.240. The Labute approximate surface area is 238 Å². The van der Waals surface area contributed by atoms with Crippen LogP contribution in [0.15, 0.2) is 0 Å². The van der Waals surface area contributed by atoms with Crippen LogP contribution in [0.3, 0.4) is 0 Å². The van der Waals surface area contributed by atoms with Gasteiger partial charge in [-0.25, -0.2) is 0 Å². The zero-order valence-corrected chi connectivity index (χ0v) is 28.4. The second-order valence-corrected chi connectivity index (χ2v) is 14.0. The summed E-state index contributed by atoms with van der Waals surface area (Å²) in [4.78, 5) is 0. The molecule has 2 saturated carbocycles. The van der Waals surface area contributed by atoms with Crippen LogP contribution in [0.4, 0.5) is 0 Å². The van der Waals surface area contributed by atoms with Gasteiger partial charge in [-0.2, -0.15) is 0 Å². The van der Waals surface area contributed by atoms with E-state index in [1.54, 1.807) is 0 Å². The summed E-state index contributed by atoms with van der Waals surface area (Å²) < 4.78 is 0. The number of hydrogen-bond donors (Lipinski definition) is 0. The van der Waals surface area contributed by atoms with Crippen molar-refractivity contribution in [1.29, 1.82) is 0 Å². The lowest BCUT2D eigenvalue weighted by atomic mass is 9.70. The van der Waals surface area contributed by atoms with Crippen molar-refractivity contribution in [1.82, 2.24) is 0 Å². The van der Waals surface area contributed by atoms with Gasteiger partial charge >= 0.3 is 0 Å². The van der Waals surface area contributed by atoms with Crippen LogP contribution in [0.1, 0.15) is 179 Å². The Bertz CT molecular complexity index is 450. The minimum Gasteiger partial charge on any atom is -0.0651 e. The smallest absolute Gasteiger partial charge is 0.0386 e. The van der Waals surface area contributed by atoms with Gasteiger partial charge in [0.05, 0.1) is 0 Å². The molecular weight excluding hydrogens is 444 g/mol. The molecule has 6 atom stereocenters. The van der Waals surface area contributed by atoms with Crippen molar-refractivity contribution in [2.45, 2.75) is 179 Å². The maximum atomic E-state index is 2.43. The maximum absolute atomic E-state index is 2.43. The van der Waals surface area contributed by atoms with E-state index in [4.69, 9.17) is 0 Å². The summed E-state index contributed by atoms with van der Waals surface area (Å²) in [6.07, 6.45) is 21.6. The first-order chi connectivity index (χ1) is 17.6. The van der Waals surface area contributed by atoms with Gasteiger partial charge in [-0.3, -0.25) is 0 Å². The van der Waals surface area contributed by atoms with Crippen molar-refractivity contribution in [2.24, 2.45) is 59.2 Å². The second kappa shape index (κ2) is 21.8. The molecule has 2 aliphatic rings. The van der Waals surface area contributed by atoms with Gasteiger partial charge in [-0.1, -0.05) is 134 Å². The maximum Gasteiger partial charge on any atom is -0.0386 e. The van der Waals surface area contributed by atoms with Crippen LogP contribution >= 0.6 is 0 Å². The molecule has 0 spiro atoms. The van der Waals surface area contributed by atoms with Gasteiger partial charge in [-0.05, 0) is 104 Å². The standard InChI is InChI=1S/C16H32.C12H24.C9H20/c1-5-13(6-2)15-9-11-16(12-10-15)14(7-3)8-4;1-5-9(2)12-7-6-10(3)11(4)8-12;1-5-8(3)7-9(4)6-2/h13-16H,5-12H2,1-4H3;9-12H,5-8H2,1-4H3;8-9H,5-7H2,1-4H3. The van der Waals surface area contributed by atoms with Crippen LogP contribution in [0, 0.1) is 59.2 Å². The molecule has 0 N–H and O–H groups in total. The third kappa shape index (κ3) is 14.8. The average molecular weight is 521 g/mol. The fourth-order valence-corrected chi connectivity index (χ4v) is 7.46. The van der Waals surface area contributed by atoms with Gasteiger partial charge in [0, 0.05) is 0 Å². The Kier molecular flexibility index (Phi) is 21.8. The fraction of sp³-hybridized carbons (Fsp3) is 1.00. The molecule has 37 heavy (non-hydrogen) atoms. The lowest BCUT2D eigenvalue weighted by Gasteiger charge is -2.36. The van der Waals surface area contributed by atoms with Crippen molar-refractivity contribution in [3.63, 3.8) is 0 Å². The summed E-state index contributed by atoms with van der Waals surface area (Å²) in [6.45, 7) is 28.3. The van der Waals surface area contributed by atoms with Crippen molar-refractivity contribution in [3.8, 4) is 0 Å². The van der Waals surface area contributed by atoms with E-state index < -0.39 is 0 Å². The van der Waals surface area contributed by atoms with Crippen LogP contribution in [0.25, 0.3) is 0 Å². The van der Waals surface area contributed by atoms with Gasteiger partial charge in [0.25, 0.3) is 0 Å². The van der Waals surface area contributed by atoms with E-state index in [9.17, 15) is 0 Å². The summed E-state index contributed by atoms with van der Waals surface area (Å²) in [5.74, 6) is 9.94. The highest BCUT2D eigenvalue weighted by atomic mass is 14.3. The lowest BCUT2D eigenvalue weighted by Crippen LogP contribution is -2.25. The SMILES string of the molecule is CCC(C)C1CCC(C)C(C)C1.CCC(C)CC(C)CC.CCC(CC)C1CCC(C(CC)CC)CC1. The van der Waals surface area contributed by atoms with Crippen molar-refractivity contribution >= 4 is 0 Å². The zero-order valence-electron chi connectivity index (χ0n) is 28.4. The first-order valence-electron chi connectivity index (χ1n) is 17.6. The predicted molar refractivity (Wildman–Crippen MR) is 172 cm³/mol. The molecule has 6 unspecified atom stereocenters. The van der Waals surface area contributed by atoms with Gasteiger partial charge in [0.1, 0.15) is 0 Å². The third-order valence-electron chi connectivity index (χ3n) is 11.5. The molecule has 0 saturated heterocycles. The minimum atomic E-state index is 0.931. The van der Waals surface area contributed by atoms with Crippen molar-refractivity contribution in [3.05, 3.63) is 0 Å². The Morgan fingerprint density at radius 2 is 0.838 bits per heavy atom. The van der Waals surface area contributed by atoms with Gasteiger partial charge < -0.3 is 0 Å². The molecule has 0 heterocycles. The molecule has 0 bridgehead atoms. The zero-order chi connectivity index (χ0) is 28.4. The molecule has 0 aromatic heterocycles. The lowest BCUT2D eigenvalue weighted by molar-refractivity contribution is 0.152. The summed E-state index contributed by atoms with van der Waals surface area (Å²) in [5, 5.41) is 0. The molecule has 224 valence electrons. The van der Waals surface area contributed by atoms with E-state index >= 15 is 0 Å². The molecule has 0 aromatic rings. The highest BCUT2D eigenvalue weighted by molar-refractivity contribution is 4.80. The number of hydrogen-bond acceptors (Lipinski definition) is 0. The van der Waals surface area contributed by atoms with Crippen LogP contribution in [-0.2, 0) is 0 Å². The molecule has 0 heteroatoms. The highest BCUT2D eigenvalue weighted by Crippen LogP contribution is 2.40. The van der Waals surface area contributed by atoms with Crippen molar-refractivity contribution in [2.75, 3.05) is 0 Å². The topological polar surface area (TPSA) is 0 Å². The van der Waals surface area contributed by atoms with Gasteiger partial charge in [-0.15, -0.1) is 0 Å². The minimum absolute atomic E-state index is 0.931. The normalized spacial score (nSPS) is 28.5. The molecule has 2 rings (SSSR count). The highest BCUT2D eigenvalue weighted by Gasteiger charge is 2.29. The van der Waals surface area contributed by atoms with Crippen molar-refractivity contribution < 1.29 is 0 Å². The molecule has 0 amide bonds. The summed E-state index contributed by atoms with van der Waals surface area (Å²) in [5.41, 5.74) is 0. The van der Waals surface area contributed by atoms with E-state index in [2.05, 4.69) is 83.1 Å². The largest absolute Gasteiger partial charge is 0.0651 e. The van der Waals surface area contributed by atoms with Crippen LogP contribution in [0.5, 0.6) is 0 Å². The fourth-order valence-electron chi connectivity index (χ4n) is 7.46. The molecule has 0 aromatic carbocycles. The molecular formula is C37H76. The molecule has 2 aliphatic carbocycles. The van der Waals surface area contributed by atoms with Crippen LogP contribution < -0.4 is 0 Å². The summed E-state index contributed by atoms with van der Waals surface area (Å²) in [6, 6.07) is 0. The third-order valence-corrected chi connectivity index (χ3v) is 11.5. The Morgan fingerprint density at radius 3 is 1.14 bits per heavy atom. The average Bonchev–Trinajstić information content (AvgIpc) is 2.92. The van der Waals surface area contributed by atoms with Crippen LogP contribution in [-0.4, -0.2) is 0 Å². The van der Waals surface area contributed by atoms with Crippen LogP contribution in [0.2, 0.25) is 0 Å².